The van der Waals surface area contributed by atoms with E-state index in [1.165, 1.54) is 0 Å². The van der Waals surface area contributed by atoms with Gasteiger partial charge in [0.2, 0.25) is 5.91 Å². The van der Waals surface area contributed by atoms with Crippen molar-refractivity contribution in [1.29, 1.82) is 0 Å². The summed E-state index contributed by atoms with van der Waals surface area (Å²) < 4.78 is 0. The van der Waals surface area contributed by atoms with Crippen LogP contribution in [0.2, 0.25) is 0 Å². The van der Waals surface area contributed by atoms with Crippen LogP contribution < -0.4 is 5.32 Å². The van der Waals surface area contributed by atoms with E-state index in [1.807, 2.05) is 30.3 Å². The summed E-state index contributed by atoms with van der Waals surface area (Å²) in [6.07, 6.45) is 0.0424. The summed E-state index contributed by atoms with van der Waals surface area (Å²) in [6, 6.07) is 9.20. The molecule has 2 rings (SSSR count). The number of carbonyl (C=O) groups excluding carboxylic acids is 1. The zero-order valence-corrected chi connectivity index (χ0v) is 8.93. The molecule has 1 aliphatic heterocycles. The molecule has 0 spiro atoms. The molecule has 1 fully saturated rings. The van der Waals surface area contributed by atoms with E-state index < -0.39 is 17.4 Å². The van der Waals surface area contributed by atoms with E-state index in [-0.39, 0.29) is 12.3 Å². The Morgan fingerprint density at radius 2 is 2.06 bits per heavy atom. The Labute approximate surface area is 93.3 Å². The number of amides is 1. The van der Waals surface area contributed by atoms with Gasteiger partial charge in [0.1, 0.15) is 0 Å². The molecule has 0 radical (unpaired) electrons. The zero-order valence-electron chi connectivity index (χ0n) is 8.93. The van der Waals surface area contributed by atoms with Gasteiger partial charge in [0.15, 0.2) is 0 Å². The van der Waals surface area contributed by atoms with E-state index in [0.717, 1.165) is 5.56 Å². The fourth-order valence-electron chi connectivity index (χ4n) is 2.21. The third-order valence-corrected chi connectivity index (χ3v) is 3.16. The second-order valence-electron chi connectivity index (χ2n) is 4.21. The topological polar surface area (TPSA) is 66.4 Å². The molecule has 84 valence electrons. The van der Waals surface area contributed by atoms with Crippen molar-refractivity contribution in [3.05, 3.63) is 35.9 Å². The van der Waals surface area contributed by atoms with Gasteiger partial charge in [0.05, 0.1) is 11.5 Å². The van der Waals surface area contributed by atoms with Gasteiger partial charge in [-0.2, -0.15) is 0 Å². The van der Waals surface area contributed by atoms with Crippen LogP contribution >= 0.6 is 0 Å². The first kappa shape index (κ1) is 10.7. The molecule has 1 amide bonds. The third kappa shape index (κ3) is 1.56. The van der Waals surface area contributed by atoms with E-state index in [0.29, 0.717) is 0 Å². The second kappa shape index (κ2) is 3.63. The summed E-state index contributed by atoms with van der Waals surface area (Å²) in [7, 11) is 0. The normalized spacial score (nSPS) is 28.8. The third-order valence-electron chi connectivity index (χ3n) is 3.16. The van der Waals surface area contributed by atoms with Gasteiger partial charge in [-0.05, 0) is 12.5 Å². The van der Waals surface area contributed by atoms with Crippen molar-refractivity contribution in [2.75, 3.05) is 0 Å². The summed E-state index contributed by atoms with van der Waals surface area (Å²) in [6.45, 7) is 1.76. The smallest absolute Gasteiger partial charge is 0.309 e. The first-order chi connectivity index (χ1) is 7.54. The summed E-state index contributed by atoms with van der Waals surface area (Å²) >= 11 is 0. The molecule has 1 aliphatic rings. The Balaban J connectivity index is 2.43. The lowest BCUT2D eigenvalue weighted by Gasteiger charge is -2.29. The van der Waals surface area contributed by atoms with Crippen molar-refractivity contribution in [3.8, 4) is 0 Å². The number of hydrogen-bond acceptors (Lipinski definition) is 2. The summed E-state index contributed by atoms with van der Waals surface area (Å²) in [5.41, 5.74) is 0.0257. The molecule has 2 N–H and O–H groups in total. The van der Waals surface area contributed by atoms with Crippen molar-refractivity contribution in [2.24, 2.45) is 5.92 Å². The molecular weight excluding hydrogens is 206 g/mol. The van der Waals surface area contributed by atoms with Gasteiger partial charge < -0.3 is 10.4 Å². The van der Waals surface area contributed by atoms with Gasteiger partial charge in [-0.1, -0.05) is 30.3 Å². The Kier molecular flexibility index (Phi) is 2.42. The monoisotopic (exact) mass is 219 g/mol. The van der Waals surface area contributed by atoms with E-state index in [2.05, 4.69) is 5.32 Å². The van der Waals surface area contributed by atoms with Gasteiger partial charge in [-0.3, -0.25) is 9.59 Å². The van der Waals surface area contributed by atoms with Crippen LogP contribution in [0.1, 0.15) is 18.9 Å². The lowest BCUT2D eigenvalue weighted by atomic mass is 9.81. The molecule has 1 heterocycles. The van der Waals surface area contributed by atoms with Crippen LogP contribution in [0.4, 0.5) is 0 Å². The first-order valence-electron chi connectivity index (χ1n) is 5.13. The van der Waals surface area contributed by atoms with Gasteiger partial charge >= 0.3 is 5.97 Å². The van der Waals surface area contributed by atoms with E-state index in [9.17, 15) is 9.59 Å². The number of benzene rings is 1. The molecule has 2 unspecified atom stereocenters. The zero-order chi connectivity index (χ0) is 11.8. The quantitative estimate of drug-likeness (QED) is 0.783. The van der Waals surface area contributed by atoms with Crippen LogP contribution in [0.3, 0.4) is 0 Å². The Bertz CT molecular complexity index is 429. The van der Waals surface area contributed by atoms with Crippen LogP contribution in [0.5, 0.6) is 0 Å². The van der Waals surface area contributed by atoms with E-state index >= 15 is 0 Å². The predicted molar refractivity (Wildman–Crippen MR) is 57.7 cm³/mol. The van der Waals surface area contributed by atoms with Gasteiger partial charge in [0.25, 0.3) is 0 Å². The highest BCUT2D eigenvalue weighted by molar-refractivity contribution is 5.88. The average molecular weight is 219 g/mol. The number of carbonyl (C=O) groups is 2. The standard InChI is InChI=1S/C12H13NO3/c1-12(8-5-3-2-4-6-8)9(11(15)16)7-10(14)13-12/h2-6,9H,7H2,1H3,(H,13,14)(H,15,16). The van der Waals surface area contributed by atoms with Gasteiger partial charge in [0, 0.05) is 6.42 Å². The van der Waals surface area contributed by atoms with Crippen molar-refractivity contribution in [1.82, 2.24) is 5.32 Å². The number of carboxylic acid groups (broad SMARTS) is 1. The molecule has 4 nitrogen and oxygen atoms in total. The van der Waals surface area contributed by atoms with Crippen LogP contribution in [0.15, 0.2) is 30.3 Å². The maximum absolute atomic E-state index is 11.4. The van der Waals surface area contributed by atoms with Gasteiger partial charge in [-0.15, -0.1) is 0 Å². The minimum Gasteiger partial charge on any atom is -0.481 e. The lowest BCUT2D eigenvalue weighted by Crippen LogP contribution is -2.42. The molecule has 1 saturated heterocycles. The maximum atomic E-state index is 11.4. The highest BCUT2D eigenvalue weighted by atomic mass is 16.4. The summed E-state index contributed by atoms with van der Waals surface area (Å²) in [5, 5.41) is 11.9. The minimum absolute atomic E-state index is 0.0424. The molecule has 0 bridgehead atoms. The largest absolute Gasteiger partial charge is 0.481 e. The van der Waals surface area contributed by atoms with Crippen molar-refractivity contribution >= 4 is 11.9 Å². The lowest BCUT2D eigenvalue weighted by molar-refractivity contribution is -0.143. The number of aliphatic carboxylic acids is 1. The van der Waals surface area contributed by atoms with Crippen LogP contribution in [0, 0.1) is 5.92 Å². The number of carboxylic acids is 1. The molecule has 16 heavy (non-hydrogen) atoms. The molecule has 2 atom stereocenters. The minimum atomic E-state index is -0.940. The predicted octanol–water partition coefficient (Wildman–Crippen LogP) is 1.12. The van der Waals surface area contributed by atoms with Crippen molar-refractivity contribution < 1.29 is 14.7 Å². The second-order valence-corrected chi connectivity index (χ2v) is 4.21. The van der Waals surface area contributed by atoms with E-state index in [1.54, 1.807) is 6.92 Å². The van der Waals surface area contributed by atoms with Crippen molar-refractivity contribution in [3.63, 3.8) is 0 Å². The van der Waals surface area contributed by atoms with Crippen LogP contribution in [0.25, 0.3) is 0 Å². The van der Waals surface area contributed by atoms with Crippen molar-refractivity contribution in [2.45, 2.75) is 18.9 Å². The first-order valence-corrected chi connectivity index (χ1v) is 5.13. The summed E-state index contributed by atoms with van der Waals surface area (Å²) in [5.74, 6) is -1.86. The molecule has 4 heteroatoms. The molecule has 0 saturated carbocycles. The molecule has 0 aromatic heterocycles. The highest BCUT2D eigenvalue weighted by Crippen LogP contribution is 2.36. The van der Waals surface area contributed by atoms with Gasteiger partial charge in [-0.25, -0.2) is 0 Å². The number of nitrogens with one attached hydrogen (secondary N) is 1. The Morgan fingerprint density at radius 3 is 2.62 bits per heavy atom. The molecular formula is C12H13NO3. The molecule has 1 aromatic rings. The Hall–Kier alpha value is -1.84. The average Bonchev–Trinajstić information content (AvgIpc) is 2.57. The molecule has 1 aromatic carbocycles. The fourth-order valence-corrected chi connectivity index (χ4v) is 2.21. The fraction of sp³-hybridized carbons (Fsp3) is 0.333. The van der Waals surface area contributed by atoms with Crippen LogP contribution in [-0.2, 0) is 15.1 Å². The van der Waals surface area contributed by atoms with Crippen LogP contribution in [-0.4, -0.2) is 17.0 Å². The maximum Gasteiger partial charge on any atom is 0.309 e. The SMILES string of the molecule is CC1(c2ccccc2)NC(=O)CC1C(=O)O. The Morgan fingerprint density at radius 1 is 1.44 bits per heavy atom. The van der Waals surface area contributed by atoms with E-state index in [4.69, 9.17) is 5.11 Å². The number of rotatable bonds is 2. The molecule has 0 aliphatic carbocycles. The summed E-state index contributed by atoms with van der Waals surface area (Å²) in [4.78, 5) is 22.5. The number of hydrogen-bond donors (Lipinski definition) is 2. The highest BCUT2D eigenvalue weighted by Gasteiger charge is 2.48.